The van der Waals surface area contributed by atoms with Gasteiger partial charge in [-0.25, -0.2) is 9.97 Å². The molecular formula is C21H23BrN4OS. The van der Waals surface area contributed by atoms with Crippen LogP contribution in [0, 0.1) is 0 Å². The van der Waals surface area contributed by atoms with Crippen molar-refractivity contribution in [2.45, 2.75) is 18.9 Å². The second-order valence-corrected chi connectivity index (χ2v) is 9.23. The van der Waals surface area contributed by atoms with E-state index in [9.17, 15) is 0 Å². The molecular weight excluding hydrogens is 436 g/mol. The maximum Gasteiger partial charge on any atom is 0.141 e. The van der Waals surface area contributed by atoms with Crippen LogP contribution in [0.3, 0.4) is 0 Å². The molecule has 5 rings (SSSR count). The summed E-state index contributed by atoms with van der Waals surface area (Å²) in [5, 5.41) is 3.39. The van der Waals surface area contributed by atoms with Crippen LogP contribution in [-0.4, -0.2) is 60.3 Å². The lowest BCUT2D eigenvalue weighted by Gasteiger charge is -2.36. The lowest BCUT2D eigenvalue weighted by molar-refractivity contribution is 0.0712. The molecule has 2 saturated heterocycles. The van der Waals surface area contributed by atoms with Gasteiger partial charge in [-0.2, -0.15) is 0 Å². The molecule has 146 valence electrons. The van der Waals surface area contributed by atoms with Gasteiger partial charge in [0.05, 0.1) is 11.5 Å². The summed E-state index contributed by atoms with van der Waals surface area (Å²) in [6, 6.07) is 8.49. The largest absolute Gasteiger partial charge is 0.377 e. The molecule has 0 radical (unpaired) electrons. The monoisotopic (exact) mass is 458 g/mol. The first-order chi connectivity index (χ1) is 13.8. The molecule has 0 N–H and O–H groups in total. The topological polar surface area (TPSA) is 41.5 Å². The van der Waals surface area contributed by atoms with Crippen molar-refractivity contribution in [1.82, 2.24) is 14.9 Å². The Morgan fingerprint density at radius 3 is 2.68 bits per heavy atom. The van der Waals surface area contributed by atoms with Gasteiger partial charge in [0, 0.05) is 54.7 Å². The molecule has 0 unspecified atom stereocenters. The Labute approximate surface area is 177 Å². The van der Waals surface area contributed by atoms with Crippen LogP contribution in [0.15, 0.2) is 40.4 Å². The summed E-state index contributed by atoms with van der Waals surface area (Å²) in [4.78, 5) is 15.2. The van der Waals surface area contributed by atoms with Gasteiger partial charge in [-0.3, -0.25) is 4.90 Å². The van der Waals surface area contributed by atoms with Crippen LogP contribution in [0.5, 0.6) is 0 Å². The van der Waals surface area contributed by atoms with Gasteiger partial charge in [0.25, 0.3) is 0 Å². The maximum absolute atomic E-state index is 5.81. The number of nitrogens with zero attached hydrogens (tertiary/aromatic N) is 4. The van der Waals surface area contributed by atoms with Crippen molar-refractivity contribution in [1.29, 1.82) is 0 Å². The molecule has 5 nitrogen and oxygen atoms in total. The van der Waals surface area contributed by atoms with Gasteiger partial charge in [0.1, 0.15) is 17.0 Å². The molecule has 2 aliphatic rings. The molecule has 0 spiro atoms. The number of halogens is 1. The fourth-order valence-corrected chi connectivity index (χ4v) is 5.33. The van der Waals surface area contributed by atoms with E-state index in [2.05, 4.69) is 60.4 Å². The maximum atomic E-state index is 5.81. The molecule has 7 heteroatoms. The number of rotatable bonds is 4. The smallest absolute Gasteiger partial charge is 0.141 e. The van der Waals surface area contributed by atoms with Gasteiger partial charge in [0.15, 0.2) is 0 Å². The van der Waals surface area contributed by atoms with E-state index in [0.29, 0.717) is 6.10 Å². The minimum Gasteiger partial charge on any atom is -0.377 e. The highest BCUT2D eigenvalue weighted by Gasteiger charge is 2.25. The number of benzene rings is 1. The van der Waals surface area contributed by atoms with Crippen LogP contribution in [0.4, 0.5) is 5.82 Å². The minimum atomic E-state index is 0.429. The zero-order valence-corrected chi connectivity index (χ0v) is 18.1. The first kappa shape index (κ1) is 18.5. The van der Waals surface area contributed by atoms with E-state index in [1.807, 2.05) is 0 Å². The van der Waals surface area contributed by atoms with Crippen LogP contribution >= 0.6 is 27.3 Å². The van der Waals surface area contributed by atoms with Crippen LogP contribution in [0.2, 0.25) is 0 Å². The van der Waals surface area contributed by atoms with Crippen molar-refractivity contribution in [2.75, 3.05) is 44.2 Å². The Hall–Kier alpha value is -1.54. The van der Waals surface area contributed by atoms with E-state index < -0.39 is 0 Å². The quantitative estimate of drug-likeness (QED) is 0.578. The fraction of sp³-hybridized carbons (Fsp3) is 0.429. The third-order valence-corrected chi connectivity index (χ3v) is 7.08. The molecule has 4 heterocycles. The second kappa shape index (κ2) is 8.06. The summed E-state index contributed by atoms with van der Waals surface area (Å²) in [6.45, 7) is 6.10. The summed E-state index contributed by atoms with van der Waals surface area (Å²) < 4.78 is 6.90. The highest BCUT2D eigenvalue weighted by Crippen LogP contribution is 2.38. The summed E-state index contributed by atoms with van der Waals surface area (Å²) in [6.07, 6.45) is 4.55. The molecule has 1 atom stereocenters. The molecule has 2 fully saturated rings. The highest BCUT2D eigenvalue weighted by molar-refractivity contribution is 9.10. The molecule has 2 aromatic heterocycles. The Morgan fingerprint density at radius 2 is 1.93 bits per heavy atom. The van der Waals surface area contributed by atoms with E-state index in [4.69, 9.17) is 9.72 Å². The fourth-order valence-electron chi connectivity index (χ4n) is 4.16. The molecule has 0 bridgehead atoms. The Balaban J connectivity index is 1.39. The average molecular weight is 459 g/mol. The molecule has 2 aliphatic heterocycles. The predicted octanol–water partition coefficient (Wildman–Crippen LogP) is 4.42. The number of piperazine rings is 1. The van der Waals surface area contributed by atoms with Crippen LogP contribution in [0.1, 0.15) is 12.8 Å². The van der Waals surface area contributed by atoms with Gasteiger partial charge < -0.3 is 9.64 Å². The highest BCUT2D eigenvalue weighted by atomic mass is 79.9. The third kappa shape index (κ3) is 3.68. The molecule has 3 aromatic rings. The van der Waals surface area contributed by atoms with E-state index in [-0.39, 0.29) is 0 Å². The van der Waals surface area contributed by atoms with Crippen LogP contribution in [0.25, 0.3) is 21.3 Å². The van der Waals surface area contributed by atoms with Crippen molar-refractivity contribution in [3.05, 3.63) is 40.4 Å². The lowest BCUT2D eigenvalue weighted by Crippen LogP contribution is -2.48. The number of ether oxygens (including phenoxy) is 1. The van der Waals surface area contributed by atoms with Crippen LogP contribution < -0.4 is 4.90 Å². The van der Waals surface area contributed by atoms with Crippen molar-refractivity contribution in [2.24, 2.45) is 0 Å². The molecule has 28 heavy (non-hydrogen) atoms. The molecule has 0 saturated carbocycles. The molecule has 0 aliphatic carbocycles. The number of aromatic nitrogens is 2. The number of hydrogen-bond acceptors (Lipinski definition) is 6. The lowest BCUT2D eigenvalue weighted by atomic mass is 10.1. The average Bonchev–Trinajstić information content (AvgIpc) is 3.39. The van der Waals surface area contributed by atoms with E-state index in [1.54, 1.807) is 17.7 Å². The number of hydrogen-bond donors (Lipinski definition) is 0. The second-order valence-electron chi connectivity index (χ2n) is 7.46. The van der Waals surface area contributed by atoms with Crippen molar-refractivity contribution in [3.63, 3.8) is 0 Å². The van der Waals surface area contributed by atoms with E-state index >= 15 is 0 Å². The third-order valence-electron chi connectivity index (χ3n) is 5.66. The Morgan fingerprint density at radius 1 is 1.11 bits per heavy atom. The number of anilines is 1. The SMILES string of the molecule is Brc1ccc(-c2csc3ncnc(N4CCN(C[C@@H]5CCCO5)CC4)c23)cc1. The zero-order chi connectivity index (χ0) is 18.9. The molecule has 1 aromatic carbocycles. The summed E-state index contributed by atoms with van der Waals surface area (Å²) >= 11 is 5.22. The number of fused-ring (bicyclic) bond motifs is 1. The first-order valence-electron chi connectivity index (χ1n) is 9.85. The van der Waals surface area contributed by atoms with Crippen molar-refractivity contribution in [3.8, 4) is 11.1 Å². The van der Waals surface area contributed by atoms with Gasteiger partial charge >= 0.3 is 0 Å². The minimum absolute atomic E-state index is 0.429. The van der Waals surface area contributed by atoms with Gasteiger partial charge in [-0.05, 0) is 30.5 Å². The van der Waals surface area contributed by atoms with Crippen molar-refractivity contribution < 1.29 is 4.74 Å². The van der Waals surface area contributed by atoms with Gasteiger partial charge in [0.2, 0.25) is 0 Å². The van der Waals surface area contributed by atoms with Gasteiger partial charge in [-0.15, -0.1) is 11.3 Å². The van der Waals surface area contributed by atoms with E-state index in [0.717, 1.165) is 54.5 Å². The summed E-state index contributed by atoms with van der Waals surface area (Å²) in [5.74, 6) is 1.07. The zero-order valence-electron chi connectivity index (χ0n) is 15.7. The summed E-state index contributed by atoms with van der Waals surface area (Å²) in [5.41, 5.74) is 2.44. The molecule has 0 amide bonds. The first-order valence-corrected chi connectivity index (χ1v) is 11.5. The normalized spacial score (nSPS) is 20.9. The standard InChI is InChI=1S/C21H23BrN4OS/c22-16-5-3-15(4-6-16)18-13-28-21-19(18)20(23-14-24-21)26-9-7-25(8-10-26)12-17-2-1-11-27-17/h3-6,13-14,17H,1-2,7-12H2/t17-/m0/s1. The number of thiophene rings is 1. The van der Waals surface area contributed by atoms with Crippen LogP contribution in [-0.2, 0) is 4.74 Å². The predicted molar refractivity (Wildman–Crippen MR) is 118 cm³/mol. The summed E-state index contributed by atoms with van der Waals surface area (Å²) in [7, 11) is 0. The Kier molecular flexibility index (Phi) is 5.32. The van der Waals surface area contributed by atoms with Gasteiger partial charge in [-0.1, -0.05) is 28.1 Å². The van der Waals surface area contributed by atoms with Crippen molar-refractivity contribution >= 4 is 43.3 Å². The Bertz CT molecular complexity index is 947. The van der Waals surface area contributed by atoms with E-state index in [1.165, 1.54) is 29.4 Å².